The molecule has 0 radical (unpaired) electrons. The first kappa shape index (κ1) is 15.0. The van der Waals surface area contributed by atoms with Gasteiger partial charge in [-0.1, -0.05) is 26.0 Å². The fourth-order valence-corrected chi connectivity index (χ4v) is 2.36. The molecule has 4 nitrogen and oxygen atoms in total. The molecule has 1 amide bonds. The van der Waals surface area contributed by atoms with Crippen molar-refractivity contribution < 1.29 is 9.53 Å². The Hall–Kier alpha value is -1.39. The Morgan fingerprint density at radius 3 is 2.65 bits per heavy atom. The zero-order valence-corrected chi connectivity index (χ0v) is 12.6. The van der Waals surface area contributed by atoms with Crippen LogP contribution in [0.2, 0.25) is 0 Å². The fourth-order valence-electron chi connectivity index (χ4n) is 2.36. The average molecular weight is 276 g/mol. The van der Waals surface area contributed by atoms with Crippen molar-refractivity contribution in [3.8, 4) is 0 Å². The van der Waals surface area contributed by atoms with Gasteiger partial charge in [0.15, 0.2) is 0 Å². The zero-order chi connectivity index (χ0) is 14.5. The number of hydrogen-bond acceptors (Lipinski definition) is 3. The van der Waals surface area contributed by atoms with Crippen molar-refractivity contribution >= 4 is 5.91 Å². The highest BCUT2D eigenvalue weighted by Crippen LogP contribution is 2.15. The molecule has 2 rings (SSSR count). The molecule has 1 aliphatic heterocycles. The molecule has 0 saturated carbocycles. The number of morpholine rings is 1. The molecule has 110 valence electrons. The number of amides is 1. The third-order valence-electron chi connectivity index (χ3n) is 3.65. The number of carbonyl (C=O) groups is 1. The summed E-state index contributed by atoms with van der Waals surface area (Å²) < 4.78 is 5.63. The van der Waals surface area contributed by atoms with Crippen LogP contribution >= 0.6 is 0 Å². The monoisotopic (exact) mass is 276 g/mol. The van der Waals surface area contributed by atoms with E-state index in [-0.39, 0.29) is 12.0 Å². The third kappa shape index (κ3) is 3.81. The van der Waals surface area contributed by atoms with Gasteiger partial charge in [-0.3, -0.25) is 4.79 Å². The molecule has 1 saturated heterocycles. The second kappa shape index (κ2) is 6.86. The van der Waals surface area contributed by atoms with E-state index in [0.717, 1.165) is 25.3 Å². The van der Waals surface area contributed by atoms with Crippen molar-refractivity contribution in [3.05, 3.63) is 35.4 Å². The topological polar surface area (TPSA) is 41.6 Å². The summed E-state index contributed by atoms with van der Waals surface area (Å²) in [5.74, 6) is 0.535. The number of likely N-dealkylation sites (N-methyl/N-ethyl adjacent to an activating group) is 1. The Morgan fingerprint density at radius 2 is 2.10 bits per heavy atom. The van der Waals surface area contributed by atoms with Gasteiger partial charge in [0.05, 0.1) is 12.7 Å². The molecule has 0 aromatic heterocycles. The van der Waals surface area contributed by atoms with Gasteiger partial charge in [-0.15, -0.1) is 0 Å². The molecule has 4 heteroatoms. The SMILES string of the molecule is CC(C)c1ccc(C(=O)N(C)CC2CNCCO2)cc1. The van der Waals surface area contributed by atoms with Crippen LogP contribution in [0.25, 0.3) is 0 Å². The summed E-state index contributed by atoms with van der Waals surface area (Å²) in [6.45, 7) is 7.34. The van der Waals surface area contributed by atoms with Crippen LogP contribution in [0, 0.1) is 0 Å². The summed E-state index contributed by atoms with van der Waals surface area (Å²) >= 11 is 0. The van der Waals surface area contributed by atoms with E-state index in [9.17, 15) is 4.79 Å². The van der Waals surface area contributed by atoms with Crippen molar-refractivity contribution in [1.82, 2.24) is 10.2 Å². The Balaban J connectivity index is 1.95. The van der Waals surface area contributed by atoms with E-state index in [1.807, 2.05) is 31.3 Å². The Bertz CT molecular complexity index is 436. The van der Waals surface area contributed by atoms with Crippen LogP contribution in [0.5, 0.6) is 0 Å². The van der Waals surface area contributed by atoms with Crippen LogP contribution in [-0.4, -0.2) is 50.2 Å². The Labute approximate surface area is 121 Å². The second-order valence-corrected chi connectivity index (χ2v) is 5.66. The van der Waals surface area contributed by atoms with Crippen LogP contribution in [0.15, 0.2) is 24.3 Å². The van der Waals surface area contributed by atoms with Crippen molar-refractivity contribution in [2.45, 2.75) is 25.9 Å². The minimum Gasteiger partial charge on any atom is -0.374 e. The molecular formula is C16H24N2O2. The summed E-state index contributed by atoms with van der Waals surface area (Å²) in [5.41, 5.74) is 1.99. The molecule has 1 N–H and O–H groups in total. The van der Waals surface area contributed by atoms with Gasteiger partial charge in [-0.05, 0) is 23.6 Å². The quantitative estimate of drug-likeness (QED) is 0.913. The molecule has 0 spiro atoms. The van der Waals surface area contributed by atoms with Crippen molar-refractivity contribution in [2.75, 3.05) is 33.3 Å². The van der Waals surface area contributed by atoms with E-state index in [0.29, 0.717) is 12.5 Å². The van der Waals surface area contributed by atoms with Crippen LogP contribution in [-0.2, 0) is 4.74 Å². The first-order valence-corrected chi connectivity index (χ1v) is 7.25. The number of rotatable bonds is 4. The van der Waals surface area contributed by atoms with E-state index in [1.54, 1.807) is 4.90 Å². The number of benzene rings is 1. The standard InChI is InChI=1S/C16H24N2O2/c1-12(2)13-4-6-14(7-5-13)16(19)18(3)11-15-10-17-8-9-20-15/h4-7,12,15,17H,8-11H2,1-3H3. The fraction of sp³-hybridized carbons (Fsp3) is 0.562. The largest absolute Gasteiger partial charge is 0.374 e. The summed E-state index contributed by atoms with van der Waals surface area (Å²) in [4.78, 5) is 14.1. The van der Waals surface area contributed by atoms with Gasteiger partial charge < -0.3 is 15.0 Å². The van der Waals surface area contributed by atoms with Gasteiger partial charge >= 0.3 is 0 Å². The maximum absolute atomic E-state index is 12.3. The van der Waals surface area contributed by atoms with E-state index in [1.165, 1.54) is 5.56 Å². The molecular weight excluding hydrogens is 252 g/mol. The predicted molar refractivity (Wildman–Crippen MR) is 80.1 cm³/mol. The number of nitrogens with one attached hydrogen (secondary N) is 1. The van der Waals surface area contributed by atoms with Crippen molar-refractivity contribution in [3.63, 3.8) is 0 Å². The van der Waals surface area contributed by atoms with Gasteiger partial charge in [-0.25, -0.2) is 0 Å². The Kier molecular flexibility index (Phi) is 5.15. The molecule has 1 aliphatic rings. The lowest BCUT2D eigenvalue weighted by Crippen LogP contribution is -2.45. The molecule has 1 aromatic carbocycles. The van der Waals surface area contributed by atoms with E-state index in [2.05, 4.69) is 19.2 Å². The third-order valence-corrected chi connectivity index (χ3v) is 3.65. The highest BCUT2D eigenvalue weighted by molar-refractivity contribution is 5.94. The van der Waals surface area contributed by atoms with Crippen LogP contribution < -0.4 is 5.32 Å². The molecule has 20 heavy (non-hydrogen) atoms. The molecule has 0 aliphatic carbocycles. The van der Waals surface area contributed by atoms with Crippen LogP contribution in [0.3, 0.4) is 0 Å². The highest BCUT2D eigenvalue weighted by atomic mass is 16.5. The lowest BCUT2D eigenvalue weighted by atomic mass is 10.0. The number of hydrogen-bond donors (Lipinski definition) is 1. The van der Waals surface area contributed by atoms with Gasteiger partial charge in [-0.2, -0.15) is 0 Å². The number of nitrogens with zero attached hydrogens (tertiary/aromatic N) is 1. The summed E-state index contributed by atoms with van der Waals surface area (Å²) in [7, 11) is 1.83. The maximum Gasteiger partial charge on any atom is 0.253 e. The maximum atomic E-state index is 12.3. The van der Waals surface area contributed by atoms with E-state index >= 15 is 0 Å². The summed E-state index contributed by atoms with van der Waals surface area (Å²) in [5, 5.41) is 3.28. The first-order valence-electron chi connectivity index (χ1n) is 7.25. The van der Waals surface area contributed by atoms with Crippen molar-refractivity contribution in [1.29, 1.82) is 0 Å². The average Bonchev–Trinajstić information content (AvgIpc) is 2.47. The molecule has 1 heterocycles. The lowest BCUT2D eigenvalue weighted by molar-refractivity contribution is 0.0104. The second-order valence-electron chi connectivity index (χ2n) is 5.66. The first-order chi connectivity index (χ1) is 9.58. The molecule has 0 bridgehead atoms. The van der Waals surface area contributed by atoms with Crippen molar-refractivity contribution in [2.24, 2.45) is 0 Å². The van der Waals surface area contributed by atoms with E-state index in [4.69, 9.17) is 4.74 Å². The molecule has 1 unspecified atom stereocenters. The minimum absolute atomic E-state index is 0.0504. The predicted octanol–water partition coefficient (Wildman–Crippen LogP) is 1.87. The normalized spacial score (nSPS) is 19.1. The summed E-state index contributed by atoms with van der Waals surface area (Å²) in [6, 6.07) is 7.89. The van der Waals surface area contributed by atoms with E-state index < -0.39 is 0 Å². The molecule has 1 atom stereocenters. The molecule has 1 fully saturated rings. The zero-order valence-electron chi connectivity index (χ0n) is 12.6. The van der Waals surface area contributed by atoms with Gasteiger partial charge in [0, 0.05) is 32.2 Å². The van der Waals surface area contributed by atoms with Gasteiger partial charge in [0.2, 0.25) is 0 Å². The minimum atomic E-state index is 0.0504. The lowest BCUT2D eigenvalue weighted by Gasteiger charge is -2.28. The van der Waals surface area contributed by atoms with Gasteiger partial charge in [0.1, 0.15) is 0 Å². The highest BCUT2D eigenvalue weighted by Gasteiger charge is 2.19. The van der Waals surface area contributed by atoms with Crippen LogP contribution in [0.4, 0.5) is 0 Å². The molecule has 1 aromatic rings. The number of ether oxygens (including phenoxy) is 1. The Morgan fingerprint density at radius 1 is 1.40 bits per heavy atom. The van der Waals surface area contributed by atoms with Crippen LogP contribution in [0.1, 0.15) is 35.7 Å². The van der Waals surface area contributed by atoms with Gasteiger partial charge in [0.25, 0.3) is 5.91 Å². The number of carbonyl (C=O) groups excluding carboxylic acids is 1. The smallest absolute Gasteiger partial charge is 0.253 e. The summed E-state index contributed by atoms with van der Waals surface area (Å²) in [6.07, 6.45) is 0.0904.